The molecule has 0 aliphatic carbocycles. The molecular formula is C13H13NO. The third kappa shape index (κ3) is 1.84. The van der Waals surface area contributed by atoms with Crippen LogP contribution in [0.25, 0.3) is 11.3 Å². The van der Waals surface area contributed by atoms with E-state index in [1.54, 1.807) is 6.07 Å². The van der Waals surface area contributed by atoms with E-state index in [1.807, 2.05) is 38.1 Å². The van der Waals surface area contributed by atoms with E-state index in [1.165, 1.54) is 17.2 Å². The van der Waals surface area contributed by atoms with Gasteiger partial charge in [-0.15, -0.1) is 0 Å². The second kappa shape index (κ2) is 3.73. The molecule has 0 fully saturated rings. The lowest BCUT2D eigenvalue weighted by Crippen LogP contribution is -2.04. The molecule has 2 heteroatoms. The zero-order valence-electron chi connectivity index (χ0n) is 8.87. The third-order valence-corrected chi connectivity index (χ3v) is 2.52. The van der Waals surface area contributed by atoms with Crippen LogP contribution in [-0.2, 0) is 0 Å². The van der Waals surface area contributed by atoms with Crippen molar-refractivity contribution in [1.82, 2.24) is 4.98 Å². The summed E-state index contributed by atoms with van der Waals surface area (Å²) in [6, 6.07) is 11.4. The summed E-state index contributed by atoms with van der Waals surface area (Å²) in [5.74, 6) is 0. The molecule has 1 heterocycles. The van der Waals surface area contributed by atoms with Crippen LogP contribution in [0.3, 0.4) is 0 Å². The Labute approximate surface area is 88.6 Å². The van der Waals surface area contributed by atoms with Crippen molar-refractivity contribution in [2.75, 3.05) is 0 Å². The summed E-state index contributed by atoms with van der Waals surface area (Å²) in [7, 11) is 0. The second-order valence-electron chi connectivity index (χ2n) is 3.70. The van der Waals surface area contributed by atoms with Crippen molar-refractivity contribution in [2.24, 2.45) is 0 Å². The number of pyridine rings is 1. The van der Waals surface area contributed by atoms with Gasteiger partial charge < -0.3 is 4.98 Å². The molecule has 0 saturated carbocycles. The summed E-state index contributed by atoms with van der Waals surface area (Å²) >= 11 is 0. The highest BCUT2D eigenvalue weighted by molar-refractivity contribution is 5.67. The largest absolute Gasteiger partial charge is 0.322 e. The van der Waals surface area contributed by atoms with Crippen LogP contribution in [0.4, 0.5) is 0 Å². The first-order chi connectivity index (χ1) is 7.18. The summed E-state index contributed by atoms with van der Waals surface area (Å²) in [4.78, 5) is 14.1. The van der Waals surface area contributed by atoms with Crippen molar-refractivity contribution in [3.05, 3.63) is 57.9 Å². The Morgan fingerprint density at radius 1 is 0.933 bits per heavy atom. The lowest BCUT2D eigenvalue weighted by molar-refractivity contribution is 1.22. The summed E-state index contributed by atoms with van der Waals surface area (Å²) in [6.45, 7) is 4.10. The summed E-state index contributed by atoms with van der Waals surface area (Å²) in [5, 5.41) is 0. The predicted octanol–water partition coefficient (Wildman–Crippen LogP) is 2.66. The summed E-state index contributed by atoms with van der Waals surface area (Å²) in [6.07, 6.45) is 0. The molecular weight excluding hydrogens is 186 g/mol. The molecule has 15 heavy (non-hydrogen) atoms. The van der Waals surface area contributed by atoms with Crippen LogP contribution >= 0.6 is 0 Å². The molecule has 0 aliphatic heterocycles. The minimum atomic E-state index is -0.0600. The zero-order valence-corrected chi connectivity index (χ0v) is 8.87. The minimum absolute atomic E-state index is 0.0600. The number of hydrogen-bond acceptors (Lipinski definition) is 1. The highest BCUT2D eigenvalue weighted by Crippen LogP contribution is 2.23. The van der Waals surface area contributed by atoms with E-state index in [4.69, 9.17) is 0 Å². The van der Waals surface area contributed by atoms with Gasteiger partial charge in [0.2, 0.25) is 5.56 Å². The van der Waals surface area contributed by atoms with E-state index in [0.29, 0.717) is 0 Å². The third-order valence-electron chi connectivity index (χ3n) is 2.52. The maximum atomic E-state index is 11.2. The molecule has 1 aromatic heterocycles. The van der Waals surface area contributed by atoms with Gasteiger partial charge in [0, 0.05) is 17.3 Å². The molecule has 1 aromatic carbocycles. The molecule has 1 N–H and O–H groups in total. The molecule has 2 aromatic rings. The molecule has 0 unspecified atom stereocenters. The molecule has 0 bridgehead atoms. The second-order valence-corrected chi connectivity index (χ2v) is 3.70. The Kier molecular flexibility index (Phi) is 2.42. The first kappa shape index (κ1) is 9.71. The Morgan fingerprint density at radius 2 is 1.53 bits per heavy atom. The standard InChI is InChI=1S/C13H13NO/c1-9-5-3-6-10(2)13(9)11-7-4-8-12(15)14-11/h3-8H,1-2H3,(H,14,15). The number of aromatic nitrogens is 1. The monoisotopic (exact) mass is 199 g/mol. The summed E-state index contributed by atoms with van der Waals surface area (Å²) < 4.78 is 0. The van der Waals surface area contributed by atoms with Crippen molar-refractivity contribution >= 4 is 0 Å². The Balaban J connectivity index is 2.69. The number of rotatable bonds is 1. The van der Waals surface area contributed by atoms with Crippen LogP contribution in [-0.4, -0.2) is 4.98 Å². The van der Waals surface area contributed by atoms with Gasteiger partial charge in [0.1, 0.15) is 0 Å². The normalized spacial score (nSPS) is 10.3. The van der Waals surface area contributed by atoms with E-state index in [-0.39, 0.29) is 5.56 Å². The molecule has 76 valence electrons. The molecule has 2 nitrogen and oxygen atoms in total. The van der Waals surface area contributed by atoms with Gasteiger partial charge in [-0.2, -0.15) is 0 Å². The van der Waals surface area contributed by atoms with Gasteiger partial charge in [0.25, 0.3) is 0 Å². The van der Waals surface area contributed by atoms with Crippen molar-refractivity contribution < 1.29 is 0 Å². The van der Waals surface area contributed by atoms with Gasteiger partial charge in [-0.05, 0) is 31.0 Å². The number of hydrogen-bond donors (Lipinski definition) is 1. The van der Waals surface area contributed by atoms with Gasteiger partial charge in [0.15, 0.2) is 0 Å². The van der Waals surface area contributed by atoms with Crippen LogP contribution in [0.1, 0.15) is 11.1 Å². The average molecular weight is 199 g/mol. The predicted molar refractivity (Wildman–Crippen MR) is 62.0 cm³/mol. The van der Waals surface area contributed by atoms with Gasteiger partial charge in [-0.3, -0.25) is 4.79 Å². The van der Waals surface area contributed by atoms with E-state index in [2.05, 4.69) is 4.98 Å². The highest BCUT2D eigenvalue weighted by atomic mass is 16.1. The van der Waals surface area contributed by atoms with Crippen LogP contribution in [0.5, 0.6) is 0 Å². The average Bonchev–Trinajstić information content (AvgIpc) is 2.17. The summed E-state index contributed by atoms with van der Waals surface area (Å²) in [5.41, 5.74) is 4.30. The molecule has 0 spiro atoms. The van der Waals surface area contributed by atoms with Gasteiger partial charge in [-0.25, -0.2) is 0 Å². The van der Waals surface area contributed by atoms with Crippen molar-refractivity contribution in [2.45, 2.75) is 13.8 Å². The van der Waals surface area contributed by atoms with E-state index in [9.17, 15) is 4.79 Å². The number of nitrogens with one attached hydrogen (secondary N) is 1. The van der Waals surface area contributed by atoms with Crippen LogP contribution in [0.15, 0.2) is 41.2 Å². The van der Waals surface area contributed by atoms with Crippen molar-refractivity contribution in [1.29, 1.82) is 0 Å². The number of aromatic amines is 1. The van der Waals surface area contributed by atoms with E-state index in [0.717, 1.165) is 11.3 Å². The molecule has 2 rings (SSSR count). The van der Waals surface area contributed by atoms with Gasteiger partial charge >= 0.3 is 0 Å². The fraction of sp³-hybridized carbons (Fsp3) is 0.154. The Morgan fingerprint density at radius 3 is 2.13 bits per heavy atom. The topological polar surface area (TPSA) is 32.9 Å². The van der Waals surface area contributed by atoms with Crippen LogP contribution in [0.2, 0.25) is 0 Å². The molecule has 0 amide bonds. The Bertz CT molecular complexity index is 520. The fourth-order valence-electron chi connectivity index (χ4n) is 1.83. The SMILES string of the molecule is Cc1cccc(C)c1-c1cccc(=O)[nH]1. The molecule has 0 aliphatic rings. The van der Waals surface area contributed by atoms with Crippen molar-refractivity contribution in [3.8, 4) is 11.3 Å². The maximum Gasteiger partial charge on any atom is 0.248 e. The number of H-pyrrole nitrogens is 1. The van der Waals surface area contributed by atoms with E-state index >= 15 is 0 Å². The van der Waals surface area contributed by atoms with Crippen LogP contribution in [0, 0.1) is 13.8 Å². The minimum Gasteiger partial charge on any atom is -0.322 e. The van der Waals surface area contributed by atoms with Crippen molar-refractivity contribution in [3.63, 3.8) is 0 Å². The molecule has 0 radical (unpaired) electrons. The lowest BCUT2D eigenvalue weighted by atomic mass is 10.00. The fourth-order valence-corrected chi connectivity index (χ4v) is 1.83. The lowest BCUT2D eigenvalue weighted by Gasteiger charge is -2.08. The van der Waals surface area contributed by atoms with E-state index < -0.39 is 0 Å². The first-order valence-electron chi connectivity index (χ1n) is 4.94. The quantitative estimate of drug-likeness (QED) is 0.752. The molecule has 0 atom stereocenters. The van der Waals surface area contributed by atoms with Gasteiger partial charge in [-0.1, -0.05) is 24.3 Å². The Hall–Kier alpha value is -1.83. The molecule has 0 saturated heterocycles. The highest BCUT2D eigenvalue weighted by Gasteiger charge is 2.04. The maximum absolute atomic E-state index is 11.2. The zero-order chi connectivity index (χ0) is 10.8. The smallest absolute Gasteiger partial charge is 0.248 e. The first-order valence-corrected chi connectivity index (χ1v) is 4.94. The number of benzene rings is 1. The van der Waals surface area contributed by atoms with Gasteiger partial charge in [0.05, 0.1) is 0 Å². The van der Waals surface area contributed by atoms with Crippen LogP contribution < -0.4 is 5.56 Å². The number of aryl methyl sites for hydroxylation is 2.